The second-order valence-corrected chi connectivity index (χ2v) is 15.4. The van der Waals surface area contributed by atoms with Crippen LogP contribution in [0.4, 0.5) is 0 Å². The number of esters is 1. The summed E-state index contributed by atoms with van der Waals surface area (Å²) < 4.78 is 6.19. The fourth-order valence-electron chi connectivity index (χ4n) is 10.9. The minimum atomic E-state index is 0.143. The average molecular weight is 499 g/mol. The molecule has 0 aromatic heterocycles. The molecule has 0 aromatic rings. The number of fused-ring (bicyclic) bond motifs is 5. The molecule has 5 saturated carbocycles. The molecule has 0 heterocycles. The maximum Gasteiger partial charge on any atom is 0.309 e. The van der Waals surface area contributed by atoms with Crippen molar-refractivity contribution in [1.82, 2.24) is 0 Å². The molecule has 0 saturated heterocycles. The number of carbonyl (C=O) groups excluding carboxylic acids is 1. The van der Waals surface area contributed by atoms with Crippen molar-refractivity contribution in [3.63, 3.8) is 0 Å². The van der Waals surface area contributed by atoms with Gasteiger partial charge in [-0.25, -0.2) is 0 Å². The van der Waals surface area contributed by atoms with Crippen LogP contribution in [-0.2, 0) is 9.53 Å². The van der Waals surface area contributed by atoms with Crippen molar-refractivity contribution in [2.24, 2.45) is 58.2 Å². The highest BCUT2D eigenvalue weighted by Gasteiger charge is 2.60. The van der Waals surface area contributed by atoms with E-state index in [1.165, 1.54) is 83.5 Å². The molecule has 36 heavy (non-hydrogen) atoms. The first-order chi connectivity index (χ1) is 17.2. The Bertz CT molecular complexity index is 752. The number of rotatable bonds is 7. The summed E-state index contributed by atoms with van der Waals surface area (Å²) in [6.07, 6.45) is 22.6. The Morgan fingerprint density at radius 2 is 1.53 bits per heavy atom. The largest absolute Gasteiger partial charge is 0.462 e. The van der Waals surface area contributed by atoms with Crippen LogP contribution in [0.3, 0.4) is 0 Å². The first-order valence-electron chi connectivity index (χ1n) is 16.4. The molecule has 0 aliphatic heterocycles. The lowest BCUT2D eigenvalue weighted by atomic mass is 9.44. The maximum atomic E-state index is 12.9. The standard InChI is InChI=1S/C34H58O2/c1-23(2)10-9-11-24(3)29-16-17-30-28-15-14-26-22-27(36-32(35)25-12-7-6-8-13-25)18-20-33(26,4)31(28)19-21-34(29,30)5/h23-31H,6-22H2,1-5H3/t24-,26+,27+,28+,29-,30+,31+,33+,34-/m1/s1. The molecule has 0 spiro atoms. The second-order valence-electron chi connectivity index (χ2n) is 15.4. The van der Waals surface area contributed by atoms with Gasteiger partial charge in [0, 0.05) is 0 Å². The normalized spacial score (nSPS) is 43.9. The van der Waals surface area contributed by atoms with E-state index in [2.05, 4.69) is 34.6 Å². The van der Waals surface area contributed by atoms with Crippen LogP contribution in [-0.4, -0.2) is 12.1 Å². The van der Waals surface area contributed by atoms with Crippen molar-refractivity contribution >= 4 is 5.97 Å². The first-order valence-corrected chi connectivity index (χ1v) is 16.4. The molecule has 0 aromatic carbocycles. The van der Waals surface area contributed by atoms with Gasteiger partial charge in [-0.05, 0) is 123 Å². The van der Waals surface area contributed by atoms with Gasteiger partial charge in [-0.2, -0.15) is 0 Å². The number of hydrogen-bond acceptors (Lipinski definition) is 2. The van der Waals surface area contributed by atoms with Crippen molar-refractivity contribution in [2.45, 2.75) is 150 Å². The Kier molecular flexibility index (Phi) is 8.20. The molecule has 9 atom stereocenters. The van der Waals surface area contributed by atoms with Crippen molar-refractivity contribution in [2.75, 3.05) is 0 Å². The Balaban J connectivity index is 1.20. The Hall–Kier alpha value is -0.530. The smallest absolute Gasteiger partial charge is 0.309 e. The predicted octanol–water partition coefficient (Wildman–Crippen LogP) is 9.60. The topological polar surface area (TPSA) is 26.3 Å². The Morgan fingerprint density at radius 3 is 2.28 bits per heavy atom. The van der Waals surface area contributed by atoms with Gasteiger partial charge in [-0.3, -0.25) is 4.79 Å². The molecule has 5 aliphatic rings. The third kappa shape index (κ3) is 5.06. The molecule has 206 valence electrons. The zero-order chi connectivity index (χ0) is 25.5. The molecule has 0 bridgehead atoms. The average Bonchev–Trinajstić information content (AvgIpc) is 3.22. The number of carbonyl (C=O) groups is 1. The van der Waals surface area contributed by atoms with Crippen LogP contribution in [0, 0.1) is 58.2 Å². The molecule has 0 amide bonds. The van der Waals surface area contributed by atoms with Crippen molar-refractivity contribution in [3.8, 4) is 0 Å². The van der Waals surface area contributed by atoms with Crippen LogP contribution < -0.4 is 0 Å². The van der Waals surface area contributed by atoms with Gasteiger partial charge in [0.2, 0.25) is 0 Å². The fourth-order valence-corrected chi connectivity index (χ4v) is 10.9. The van der Waals surface area contributed by atoms with E-state index < -0.39 is 0 Å². The Morgan fingerprint density at radius 1 is 0.806 bits per heavy atom. The number of ether oxygens (including phenoxy) is 1. The molecule has 0 N–H and O–H groups in total. The summed E-state index contributed by atoms with van der Waals surface area (Å²) in [5.41, 5.74) is 1.08. The zero-order valence-corrected chi connectivity index (χ0v) is 24.5. The molecule has 5 rings (SSSR count). The van der Waals surface area contributed by atoms with E-state index in [1.54, 1.807) is 0 Å². The maximum absolute atomic E-state index is 12.9. The van der Waals surface area contributed by atoms with Gasteiger partial charge in [0.25, 0.3) is 0 Å². The van der Waals surface area contributed by atoms with E-state index in [-0.39, 0.29) is 18.0 Å². The first kappa shape index (κ1) is 27.1. The van der Waals surface area contributed by atoms with Gasteiger partial charge in [-0.15, -0.1) is 0 Å². The van der Waals surface area contributed by atoms with Crippen molar-refractivity contribution in [3.05, 3.63) is 0 Å². The highest BCUT2D eigenvalue weighted by Crippen LogP contribution is 2.68. The molecule has 2 heteroatoms. The van der Waals surface area contributed by atoms with Gasteiger partial charge >= 0.3 is 5.97 Å². The molecular formula is C34H58O2. The summed E-state index contributed by atoms with van der Waals surface area (Å²) in [7, 11) is 0. The minimum absolute atomic E-state index is 0.143. The lowest BCUT2D eigenvalue weighted by molar-refractivity contribution is -0.167. The summed E-state index contributed by atoms with van der Waals surface area (Å²) in [5.74, 6) is 6.65. The van der Waals surface area contributed by atoms with Crippen LogP contribution >= 0.6 is 0 Å². The van der Waals surface area contributed by atoms with Gasteiger partial charge in [0.15, 0.2) is 0 Å². The van der Waals surface area contributed by atoms with Gasteiger partial charge in [-0.1, -0.05) is 73.1 Å². The minimum Gasteiger partial charge on any atom is -0.462 e. The SMILES string of the molecule is CC(C)CCC[C@@H](C)[C@H]1CC[C@H]2[C@@H]3CC[C@H]4C[C@@H](OC(=O)C5CCCCC5)CC[C@]4(C)[C@H]3CC[C@]12C. The molecule has 5 fully saturated rings. The Labute approximate surface area is 223 Å². The van der Waals surface area contributed by atoms with Gasteiger partial charge in [0.1, 0.15) is 6.10 Å². The predicted molar refractivity (Wildman–Crippen MR) is 150 cm³/mol. The summed E-state index contributed by atoms with van der Waals surface area (Å²) in [6, 6.07) is 0. The monoisotopic (exact) mass is 498 g/mol. The summed E-state index contributed by atoms with van der Waals surface area (Å²) in [5, 5.41) is 0. The molecule has 0 unspecified atom stereocenters. The van der Waals surface area contributed by atoms with Gasteiger partial charge in [0.05, 0.1) is 5.92 Å². The third-order valence-corrected chi connectivity index (χ3v) is 13.0. The molecule has 2 nitrogen and oxygen atoms in total. The van der Waals surface area contributed by atoms with Crippen LogP contribution in [0.15, 0.2) is 0 Å². The fraction of sp³-hybridized carbons (Fsp3) is 0.971. The second kappa shape index (κ2) is 10.9. The van der Waals surface area contributed by atoms with Crippen molar-refractivity contribution in [1.29, 1.82) is 0 Å². The van der Waals surface area contributed by atoms with E-state index >= 15 is 0 Å². The molecular weight excluding hydrogens is 440 g/mol. The van der Waals surface area contributed by atoms with E-state index in [0.29, 0.717) is 10.8 Å². The van der Waals surface area contributed by atoms with Crippen LogP contribution in [0.2, 0.25) is 0 Å². The molecule has 0 radical (unpaired) electrons. The van der Waals surface area contributed by atoms with Crippen LogP contribution in [0.5, 0.6) is 0 Å². The lowest BCUT2D eigenvalue weighted by Gasteiger charge is -2.61. The quantitative estimate of drug-likeness (QED) is 0.327. The van der Waals surface area contributed by atoms with Crippen LogP contribution in [0.1, 0.15) is 144 Å². The third-order valence-electron chi connectivity index (χ3n) is 13.0. The lowest BCUT2D eigenvalue weighted by Crippen LogP contribution is -2.54. The van der Waals surface area contributed by atoms with Gasteiger partial charge < -0.3 is 4.74 Å². The summed E-state index contributed by atoms with van der Waals surface area (Å²) >= 11 is 0. The van der Waals surface area contributed by atoms with Crippen molar-refractivity contribution < 1.29 is 9.53 Å². The van der Waals surface area contributed by atoms with E-state index in [1.807, 2.05) is 0 Å². The summed E-state index contributed by atoms with van der Waals surface area (Å²) in [6.45, 7) is 12.7. The highest BCUT2D eigenvalue weighted by atomic mass is 16.5. The van der Waals surface area contributed by atoms with Crippen LogP contribution in [0.25, 0.3) is 0 Å². The zero-order valence-electron chi connectivity index (χ0n) is 24.5. The highest BCUT2D eigenvalue weighted by molar-refractivity contribution is 5.72. The van der Waals surface area contributed by atoms with E-state index in [4.69, 9.17) is 4.74 Å². The van der Waals surface area contributed by atoms with E-state index in [9.17, 15) is 4.79 Å². The summed E-state index contributed by atoms with van der Waals surface area (Å²) in [4.78, 5) is 12.9. The number of hydrogen-bond donors (Lipinski definition) is 0. The molecule has 5 aliphatic carbocycles. The van der Waals surface area contributed by atoms with E-state index in [0.717, 1.165) is 67.1 Å².